The number of hydrogen-bond acceptors (Lipinski definition) is 1. The van der Waals surface area contributed by atoms with Crippen LogP contribution in [-0.4, -0.2) is 11.7 Å². The summed E-state index contributed by atoms with van der Waals surface area (Å²) < 4.78 is 0. The van der Waals surface area contributed by atoms with E-state index >= 15 is 0 Å². The van der Waals surface area contributed by atoms with Gasteiger partial charge in [-0.1, -0.05) is 27.7 Å². The van der Waals surface area contributed by atoms with Crippen molar-refractivity contribution in [3.8, 4) is 0 Å². The molecule has 0 spiro atoms. The average Bonchev–Trinajstić information content (AvgIpc) is 1.82. The van der Waals surface area contributed by atoms with Crippen molar-refractivity contribution in [1.29, 1.82) is 0 Å². The lowest BCUT2D eigenvalue weighted by Gasteiger charge is -2.45. The lowest BCUT2D eigenvalue weighted by Crippen LogP contribution is -2.37. The van der Waals surface area contributed by atoms with E-state index in [0.29, 0.717) is 12.0 Å². The van der Waals surface area contributed by atoms with E-state index in [-0.39, 0.29) is 5.41 Å². The average molecular weight is 170 g/mol. The maximum absolute atomic E-state index is 9.30. The van der Waals surface area contributed by atoms with E-state index in [1.165, 1.54) is 19.3 Å². The van der Waals surface area contributed by atoms with Crippen molar-refractivity contribution in [2.24, 2.45) is 16.7 Å². The first-order valence-corrected chi connectivity index (χ1v) is 4.98. The molecule has 0 heterocycles. The smallest absolute Gasteiger partial charge is 0.0485 e. The Bertz CT molecular complexity index is 162. The largest absolute Gasteiger partial charge is 0.396 e. The number of aliphatic hydroxyl groups excluding tert-OH is 1. The molecule has 1 aliphatic carbocycles. The Hall–Kier alpha value is -0.0400. The summed E-state index contributed by atoms with van der Waals surface area (Å²) in [6, 6.07) is 0. The second kappa shape index (κ2) is 3.02. The van der Waals surface area contributed by atoms with Crippen LogP contribution in [-0.2, 0) is 0 Å². The number of aliphatic hydroxyl groups is 1. The fourth-order valence-electron chi connectivity index (χ4n) is 3.28. The van der Waals surface area contributed by atoms with Gasteiger partial charge in [-0.2, -0.15) is 0 Å². The Kier molecular flexibility index (Phi) is 2.53. The lowest BCUT2D eigenvalue weighted by molar-refractivity contribution is 0.0142. The fraction of sp³-hybridized carbons (Fsp3) is 1.00. The van der Waals surface area contributed by atoms with Crippen LogP contribution in [0.3, 0.4) is 0 Å². The van der Waals surface area contributed by atoms with Crippen LogP contribution >= 0.6 is 0 Å². The molecule has 1 N–H and O–H groups in total. The van der Waals surface area contributed by atoms with Crippen LogP contribution in [0.2, 0.25) is 0 Å². The summed E-state index contributed by atoms with van der Waals surface area (Å²) >= 11 is 0. The zero-order chi connectivity index (χ0) is 9.41. The highest BCUT2D eigenvalue weighted by Crippen LogP contribution is 2.47. The molecule has 0 aromatic heterocycles. The van der Waals surface area contributed by atoms with Gasteiger partial charge >= 0.3 is 0 Å². The van der Waals surface area contributed by atoms with Crippen molar-refractivity contribution in [3.63, 3.8) is 0 Å². The van der Waals surface area contributed by atoms with Crippen LogP contribution in [0.15, 0.2) is 0 Å². The van der Waals surface area contributed by atoms with Crippen LogP contribution in [0.4, 0.5) is 0 Å². The molecule has 0 radical (unpaired) electrons. The number of hydrogen-bond donors (Lipinski definition) is 1. The maximum Gasteiger partial charge on any atom is 0.0485 e. The van der Waals surface area contributed by atoms with Gasteiger partial charge in [-0.3, -0.25) is 0 Å². The van der Waals surface area contributed by atoms with E-state index in [2.05, 4.69) is 27.7 Å². The zero-order valence-electron chi connectivity index (χ0n) is 8.85. The first kappa shape index (κ1) is 10.0. The molecule has 1 aliphatic rings. The summed E-state index contributed by atoms with van der Waals surface area (Å²) in [5.41, 5.74) is 0.607. The molecule has 1 nitrogen and oxygen atoms in total. The van der Waals surface area contributed by atoms with E-state index < -0.39 is 0 Å². The minimum atomic E-state index is 0.182. The second-order valence-corrected chi connectivity index (χ2v) is 5.82. The molecule has 0 bridgehead atoms. The van der Waals surface area contributed by atoms with Gasteiger partial charge in [0.15, 0.2) is 0 Å². The summed E-state index contributed by atoms with van der Waals surface area (Å²) in [4.78, 5) is 0. The van der Waals surface area contributed by atoms with Crippen LogP contribution in [0.25, 0.3) is 0 Å². The third-order valence-electron chi connectivity index (χ3n) is 3.03. The fourth-order valence-corrected chi connectivity index (χ4v) is 3.28. The van der Waals surface area contributed by atoms with Crippen molar-refractivity contribution in [2.45, 2.75) is 47.0 Å². The molecule has 2 atom stereocenters. The van der Waals surface area contributed by atoms with Gasteiger partial charge in [0.1, 0.15) is 0 Å². The Labute approximate surface area is 76.2 Å². The third-order valence-corrected chi connectivity index (χ3v) is 3.03. The molecular weight excluding hydrogens is 148 g/mol. The minimum Gasteiger partial charge on any atom is -0.396 e. The predicted octanol–water partition coefficient (Wildman–Crippen LogP) is 2.83. The van der Waals surface area contributed by atoms with Gasteiger partial charge in [-0.05, 0) is 36.0 Å². The molecule has 72 valence electrons. The Morgan fingerprint density at radius 1 is 1.25 bits per heavy atom. The second-order valence-electron chi connectivity index (χ2n) is 5.82. The molecule has 1 rings (SSSR count). The van der Waals surface area contributed by atoms with E-state index in [1.54, 1.807) is 0 Å². The van der Waals surface area contributed by atoms with E-state index in [0.717, 1.165) is 5.92 Å². The molecule has 0 saturated heterocycles. The molecular formula is C11H22O. The molecule has 1 heteroatoms. The highest BCUT2D eigenvalue weighted by molar-refractivity contribution is 4.89. The monoisotopic (exact) mass is 170 g/mol. The summed E-state index contributed by atoms with van der Waals surface area (Å²) in [7, 11) is 0. The van der Waals surface area contributed by atoms with Crippen molar-refractivity contribution < 1.29 is 5.11 Å². The topological polar surface area (TPSA) is 20.2 Å². The summed E-state index contributed by atoms with van der Waals surface area (Å²) in [6.07, 6.45) is 3.66. The molecule has 12 heavy (non-hydrogen) atoms. The Morgan fingerprint density at radius 2 is 1.83 bits per heavy atom. The predicted molar refractivity (Wildman–Crippen MR) is 52.0 cm³/mol. The molecule has 1 saturated carbocycles. The van der Waals surface area contributed by atoms with E-state index in [9.17, 15) is 5.11 Å². The SMILES string of the molecule is CC1CC(C)(C)CC(C)(CO)C1. The first-order valence-electron chi connectivity index (χ1n) is 4.98. The summed E-state index contributed by atoms with van der Waals surface area (Å²) in [6.45, 7) is 9.49. The Morgan fingerprint density at radius 3 is 2.25 bits per heavy atom. The van der Waals surface area contributed by atoms with Crippen molar-refractivity contribution in [3.05, 3.63) is 0 Å². The van der Waals surface area contributed by atoms with Gasteiger partial charge in [0.25, 0.3) is 0 Å². The van der Waals surface area contributed by atoms with Crippen LogP contribution < -0.4 is 0 Å². The zero-order valence-corrected chi connectivity index (χ0v) is 8.85. The normalized spacial score (nSPS) is 41.2. The van der Waals surface area contributed by atoms with Crippen LogP contribution in [0, 0.1) is 16.7 Å². The van der Waals surface area contributed by atoms with Crippen molar-refractivity contribution in [2.75, 3.05) is 6.61 Å². The standard InChI is InChI=1S/C11H22O/c1-9-5-10(2,3)7-11(4,6-9)8-12/h9,12H,5-8H2,1-4H3. The highest BCUT2D eigenvalue weighted by atomic mass is 16.3. The van der Waals surface area contributed by atoms with Crippen LogP contribution in [0.1, 0.15) is 47.0 Å². The lowest BCUT2D eigenvalue weighted by atomic mass is 9.61. The summed E-state index contributed by atoms with van der Waals surface area (Å²) in [5.74, 6) is 0.769. The first-order chi connectivity index (χ1) is 5.37. The molecule has 0 aromatic carbocycles. The Balaban J connectivity index is 2.70. The minimum absolute atomic E-state index is 0.182. The van der Waals surface area contributed by atoms with Gasteiger partial charge in [0.05, 0.1) is 0 Å². The van der Waals surface area contributed by atoms with E-state index in [4.69, 9.17) is 0 Å². The van der Waals surface area contributed by atoms with Crippen molar-refractivity contribution in [1.82, 2.24) is 0 Å². The van der Waals surface area contributed by atoms with E-state index in [1.807, 2.05) is 0 Å². The van der Waals surface area contributed by atoms with Gasteiger partial charge < -0.3 is 5.11 Å². The third kappa shape index (κ3) is 2.22. The summed E-state index contributed by atoms with van der Waals surface area (Å²) in [5, 5.41) is 9.30. The van der Waals surface area contributed by atoms with Crippen LogP contribution in [0.5, 0.6) is 0 Å². The molecule has 0 aliphatic heterocycles. The molecule has 2 unspecified atom stereocenters. The quantitative estimate of drug-likeness (QED) is 0.641. The van der Waals surface area contributed by atoms with Crippen molar-refractivity contribution >= 4 is 0 Å². The van der Waals surface area contributed by atoms with Gasteiger partial charge in [0, 0.05) is 6.61 Å². The molecule has 1 fully saturated rings. The van der Waals surface area contributed by atoms with Gasteiger partial charge in [-0.15, -0.1) is 0 Å². The number of rotatable bonds is 1. The maximum atomic E-state index is 9.30. The molecule has 0 aromatic rings. The highest BCUT2D eigenvalue weighted by Gasteiger charge is 2.38. The van der Waals surface area contributed by atoms with Gasteiger partial charge in [-0.25, -0.2) is 0 Å². The van der Waals surface area contributed by atoms with Gasteiger partial charge in [0.2, 0.25) is 0 Å². The molecule has 0 amide bonds.